The van der Waals surface area contributed by atoms with Gasteiger partial charge in [0, 0.05) is 31.7 Å². The molecule has 142 valence electrons. The molecule has 1 aromatic heterocycles. The van der Waals surface area contributed by atoms with E-state index in [0.717, 1.165) is 11.3 Å². The van der Waals surface area contributed by atoms with E-state index in [2.05, 4.69) is 9.84 Å². The van der Waals surface area contributed by atoms with Gasteiger partial charge in [0.05, 0.1) is 22.8 Å². The smallest absolute Gasteiger partial charge is 0.346 e. The Morgan fingerprint density at radius 3 is 2.58 bits per heavy atom. The lowest BCUT2D eigenvalue weighted by atomic mass is 10.2. The van der Waals surface area contributed by atoms with Crippen molar-refractivity contribution in [2.24, 2.45) is 7.05 Å². The zero-order chi connectivity index (χ0) is 19.4. The van der Waals surface area contributed by atoms with Crippen LogP contribution >= 0.6 is 23.2 Å². The zero-order valence-electron chi connectivity index (χ0n) is 14.9. The van der Waals surface area contributed by atoms with E-state index in [1.807, 2.05) is 6.92 Å². The maximum Gasteiger partial charge on any atom is 0.346 e. The molecule has 0 unspecified atom stereocenters. The molecule has 2 aromatic rings. The van der Waals surface area contributed by atoms with Gasteiger partial charge >= 0.3 is 5.97 Å². The molecule has 9 heteroatoms. The third-order valence-corrected chi connectivity index (χ3v) is 4.27. The number of hydrogen-bond donors (Lipinski definition) is 1. The number of halogens is 2. The summed E-state index contributed by atoms with van der Waals surface area (Å²) in [7, 11) is 3.00. The van der Waals surface area contributed by atoms with Crippen LogP contribution in [0.25, 0.3) is 0 Å². The summed E-state index contributed by atoms with van der Waals surface area (Å²) in [6, 6.07) is 2.96. The summed E-state index contributed by atoms with van der Waals surface area (Å²) in [5, 5.41) is 14.0. The number of benzene rings is 1. The number of nitrogens with zero attached hydrogens (tertiary/aromatic N) is 2. The highest BCUT2D eigenvalue weighted by Gasteiger charge is 2.20. The first-order valence-corrected chi connectivity index (χ1v) is 8.58. The topological polar surface area (TPSA) is 82.8 Å². The Labute approximate surface area is 161 Å². The first kappa shape index (κ1) is 20.4. The van der Waals surface area contributed by atoms with Crippen LogP contribution in [0.3, 0.4) is 0 Å². The molecule has 1 atom stereocenters. The van der Waals surface area contributed by atoms with Crippen LogP contribution in [-0.2, 0) is 23.0 Å². The first-order valence-electron chi connectivity index (χ1n) is 7.83. The van der Waals surface area contributed by atoms with Crippen molar-refractivity contribution in [2.75, 3.05) is 13.7 Å². The van der Waals surface area contributed by atoms with Crippen molar-refractivity contribution in [3.05, 3.63) is 33.4 Å². The predicted molar refractivity (Wildman–Crippen MR) is 97.4 cm³/mol. The highest BCUT2D eigenvalue weighted by Crippen LogP contribution is 2.39. The fraction of sp³-hybridized carbons (Fsp3) is 0.412. The van der Waals surface area contributed by atoms with Crippen molar-refractivity contribution in [1.82, 2.24) is 9.78 Å². The number of aliphatic hydroxyl groups excluding tert-OH is 1. The summed E-state index contributed by atoms with van der Waals surface area (Å²) < 4.78 is 17.6. The van der Waals surface area contributed by atoms with Crippen LogP contribution in [0, 0.1) is 6.92 Å². The minimum absolute atomic E-state index is 0.0394. The summed E-state index contributed by atoms with van der Waals surface area (Å²) >= 11 is 12.4. The average Bonchev–Trinajstić information content (AvgIpc) is 2.85. The van der Waals surface area contributed by atoms with E-state index < -0.39 is 12.1 Å². The second-order valence-corrected chi connectivity index (χ2v) is 6.38. The number of aryl methyl sites for hydroxylation is 2. The Morgan fingerprint density at radius 2 is 1.96 bits per heavy atom. The molecular formula is C17H20Cl2N2O5. The molecule has 0 fully saturated rings. The Morgan fingerprint density at radius 1 is 1.31 bits per heavy atom. The summed E-state index contributed by atoms with van der Waals surface area (Å²) in [6.45, 7) is 3.33. The van der Waals surface area contributed by atoms with Crippen LogP contribution in [0.1, 0.15) is 18.2 Å². The van der Waals surface area contributed by atoms with Crippen molar-refractivity contribution >= 4 is 29.2 Å². The van der Waals surface area contributed by atoms with Gasteiger partial charge in [-0.1, -0.05) is 23.2 Å². The molecule has 0 bridgehead atoms. The fourth-order valence-electron chi connectivity index (χ4n) is 2.40. The van der Waals surface area contributed by atoms with Crippen LogP contribution in [0.4, 0.5) is 0 Å². The Bertz CT molecular complexity index is 807. The van der Waals surface area contributed by atoms with Crippen LogP contribution < -0.4 is 9.47 Å². The lowest BCUT2D eigenvalue weighted by molar-refractivity contribution is -0.147. The average molecular weight is 403 g/mol. The van der Waals surface area contributed by atoms with E-state index >= 15 is 0 Å². The van der Waals surface area contributed by atoms with E-state index in [1.54, 1.807) is 18.7 Å². The number of aliphatic hydroxyl groups is 1. The number of rotatable bonds is 7. The molecule has 0 spiro atoms. The highest BCUT2D eigenvalue weighted by molar-refractivity contribution is 6.36. The standard InChI is InChI=1S/C17H20Cl2N2O5/c1-9-11(5-6-22)16(21(3)20-9)26-15-8-14(12(18)7-13(15)19)25-10(2)17(23)24-4/h7-8,10,22H,5-6H2,1-4H3/t10-/m0/s1. The van der Waals surface area contributed by atoms with Crippen LogP contribution in [0.5, 0.6) is 17.4 Å². The van der Waals surface area contributed by atoms with Crippen molar-refractivity contribution in [1.29, 1.82) is 0 Å². The highest BCUT2D eigenvalue weighted by atomic mass is 35.5. The van der Waals surface area contributed by atoms with Crippen molar-refractivity contribution in [3.8, 4) is 17.4 Å². The second kappa shape index (κ2) is 8.62. The number of carbonyl (C=O) groups excluding carboxylic acids is 1. The minimum Gasteiger partial charge on any atom is -0.477 e. The minimum atomic E-state index is -0.851. The van der Waals surface area contributed by atoms with Crippen LogP contribution in [0.2, 0.25) is 10.0 Å². The maximum absolute atomic E-state index is 11.6. The first-order chi connectivity index (χ1) is 12.3. The summed E-state index contributed by atoms with van der Waals surface area (Å²) in [5.74, 6) is 0.426. The van der Waals surface area contributed by atoms with Gasteiger partial charge < -0.3 is 19.3 Å². The molecule has 7 nitrogen and oxygen atoms in total. The molecule has 2 rings (SSSR count). The van der Waals surface area contributed by atoms with Gasteiger partial charge in [-0.05, 0) is 19.9 Å². The third-order valence-electron chi connectivity index (χ3n) is 3.68. The van der Waals surface area contributed by atoms with Gasteiger partial charge in [-0.3, -0.25) is 0 Å². The molecule has 0 saturated carbocycles. The molecule has 1 heterocycles. The second-order valence-electron chi connectivity index (χ2n) is 5.56. The summed E-state index contributed by atoms with van der Waals surface area (Å²) in [4.78, 5) is 11.6. The third kappa shape index (κ3) is 4.41. The van der Waals surface area contributed by atoms with E-state index in [1.165, 1.54) is 19.2 Å². The van der Waals surface area contributed by atoms with Gasteiger partial charge in [-0.25, -0.2) is 9.48 Å². The van der Waals surface area contributed by atoms with Crippen LogP contribution in [-0.4, -0.2) is 40.7 Å². The van der Waals surface area contributed by atoms with Gasteiger partial charge in [-0.15, -0.1) is 0 Å². The molecule has 26 heavy (non-hydrogen) atoms. The maximum atomic E-state index is 11.6. The molecular weight excluding hydrogens is 383 g/mol. The number of hydrogen-bond acceptors (Lipinski definition) is 6. The summed E-state index contributed by atoms with van der Waals surface area (Å²) in [5.41, 5.74) is 1.52. The Hall–Kier alpha value is -1.96. The van der Waals surface area contributed by atoms with E-state index in [-0.39, 0.29) is 28.2 Å². The zero-order valence-corrected chi connectivity index (χ0v) is 16.4. The number of ether oxygens (including phenoxy) is 3. The van der Waals surface area contributed by atoms with Gasteiger partial charge in [0.2, 0.25) is 5.88 Å². The Balaban J connectivity index is 2.36. The summed E-state index contributed by atoms with van der Waals surface area (Å²) in [6.07, 6.45) is -0.460. The van der Waals surface area contributed by atoms with Gasteiger partial charge in [-0.2, -0.15) is 5.10 Å². The fourth-order valence-corrected chi connectivity index (χ4v) is 2.86. The van der Waals surface area contributed by atoms with Crippen LogP contribution in [0.15, 0.2) is 12.1 Å². The van der Waals surface area contributed by atoms with Crippen molar-refractivity contribution in [3.63, 3.8) is 0 Å². The molecule has 1 N–H and O–H groups in total. The predicted octanol–water partition coefficient (Wildman–Crippen LogP) is 3.30. The molecule has 0 amide bonds. The van der Waals surface area contributed by atoms with Gasteiger partial charge in [0.15, 0.2) is 11.9 Å². The van der Waals surface area contributed by atoms with E-state index in [4.69, 9.17) is 32.7 Å². The SMILES string of the molecule is COC(=O)[C@H](C)Oc1cc(Oc2c(CCO)c(C)nn2C)c(Cl)cc1Cl. The molecule has 0 aliphatic rings. The number of aromatic nitrogens is 2. The lowest BCUT2D eigenvalue weighted by Crippen LogP contribution is -2.25. The molecule has 1 aromatic carbocycles. The lowest BCUT2D eigenvalue weighted by Gasteiger charge is -2.16. The largest absolute Gasteiger partial charge is 0.477 e. The monoisotopic (exact) mass is 402 g/mol. The molecule has 0 radical (unpaired) electrons. The number of esters is 1. The molecule has 0 saturated heterocycles. The van der Waals surface area contributed by atoms with Crippen molar-refractivity contribution in [2.45, 2.75) is 26.4 Å². The van der Waals surface area contributed by atoms with Crippen molar-refractivity contribution < 1.29 is 24.1 Å². The number of carbonyl (C=O) groups is 1. The quantitative estimate of drug-likeness (QED) is 0.715. The van der Waals surface area contributed by atoms with Gasteiger partial charge in [0.1, 0.15) is 5.75 Å². The van der Waals surface area contributed by atoms with E-state index in [9.17, 15) is 9.90 Å². The normalized spacial score (nSPS) is 12.0. The molecule has 0 aliphatic carbocycles. The van der Waals surface area contributed by atoms with E-state index in [0.29, 0.717) is 12.3 Å². The molecule has 0 aliphatic heterocycles. The Kier molecular flexibility index (Phi) is 6.75. The van der Waals surface area contributed by atoms with Gasteiger partial charge in [0.25, 0.3) is 0 Å². The number of methoxy groups -OCH3 is 1.